The Hall–Kier alpha value is -2.58. The minimum atomic E-state index is -0.456. The van der Waals surface area contributed by atoms with E-state index in [1.165, 1.54) is 16.2 Å². The number of carbonyl (C=O) groups is 2. The molecule has 3 rings (SSSR count). The van der Waals surface area contributed by atoms with Crippen molar-refractivity contribution in [3.05, 3.63) is 29.1 Å². The molecule has 2 aromatic rings. The molecule has 7 nitrogen and oxygen atoms in total. The molecule has 0 bridgehead atoms. The number of amides is 1. The summed E-state index contributed by atoms with van der Waals surface area (Å²) < 4.78 is 16.0. The predicted octanol–water partition coefficient (Wildman–Crippen LogP) is 2.86. The maximum Gasteiger partial charge on any atom is 0.341 e. The van der Waals surface area contributed by atoms with Crippen LogP contribution in [0.3, 0.4) is 0 Å². The van der Waals surface area contributed by atoms with Crippen molar-refractivity contribution in [3.8, 4) is 22.6 Å². The zero-order valence-corrected chi connectivity index (χ0v) is 19.4. The van der Waals surface area contributed by atoms with Gasteiger partial charge in [0.1, 0.15) is 10.6 Å². The Kier molecular flexibility index (Phi) is 7.92. The van der Waals surface area contributed by atoms with E-state index in [9.17, 15) is 9.59 Å². The van der Waals surface area contributed by atoms with Gasteiger partial charge in [0.2, 0.25) is 0 Å². The summed E-state index contributed by atoms with van der Waals surface area (Å²) in [6.45, 7) is 6.67. The van der Waals surface area contributed by atoms with Gasteiger partial charge >= 0.3 is 5.97 Å². The number of thiophene rings is 1. The molecule has 168 valence electrons. The van der Waals surface area contributed by atoms with E-state index in [1.54, 1.807) is 27.2 Å². The van der Waals surface area contributed by atoms with Crippen LogP contribution < -0.4 is 19.7 Å². The van der Waals surface area contributed by atoms with E-state index < -0.39 is 5.97 Å². The molecule has 1 amide bonds. The van der Waals surface area contributed by atoms with E-state index in [-0.39, 0.29) is 12.5 Å². The highest BCUT2D eigenvalue weighted by Gasteiger charge is 2.26. The summed E-state index contributed by atoms with van der Waals surface area (Å²) >= 11 is 1.33. The Morgan fingerprint density at radius 1 is 1.16 bits per heavy atom. The number of piperidine rings is 1. The smallest absolute Gasteiger partial charge is 0.341 e. The molecule has 2 N–H and O–H groups in total. The summed E-state index contributed by atoms with van der Waals surface area (Å²) in [7, 11) is 3.14. The molecule has 0 atom stereocenters. The first kappa shape index (κ1) is 23.1. The van der Waals surface area contributed by atoms with Crippen LogP contribution in [0, 0.1) is 5.92 Å². The van der Waals surface area contributed by atoms with Crippen molar-refractivity contribution < 1.29 is 28.7 Å². The molecule has 0 unspecified atom stereocenters. The second-order valence-corrected chi connectivity index (χ2v) is 8.68. The number of carbonyl (C=O) groups excluding carboxylic acids is 2. The van der Waals surface area contributed by atoms with Gasteiger partial charge < -0.3 is 24.4 Å². The number of methoxy groups -OCH3 is 2. The number of anilines is 1. The first-order valence-electron chi connectivity index (χ1n) is 10.6. The molecule has 8 heteroatoms. The number of benzene rings is 1. The third-order valence-corrected chi connectivity index (χ3v) is 6.51. The zero-order chi connectivity index (χ0) is 22.4. The Bertz CT molecular complexity index is 919. The van der Waals surface area contributed by atoms with Gasteiger partial charge in [-0.15, -0.1) is 11.3 Å². The third-order valence-electron chi connectivity index (χ3n) is 5.61. The highest BCUT2D eigenvalue weighted by molar-refractivity contribution is 7.15. The van der Waals surface area contributed by atoms with Gasteiger partial charge in [-0.1, -0.05) is 13.0 Å². The number of hydrogen-bond acceptors (Lipinski definition) is 6. The topological polar surface area (TPSA) is 78.3 Å². The minimum absolute atomic E-state index is 0.0872. The summed E-state index contributed by atoms with van der Waals surface area (Å²) in [5.41, 5.74) is 1.85. The Labute approximate surface area is 187 Å². The summed E-state index contributed by atoms with van der Waals surface area (Å²) in [6, 6.07) is 5.46. The van der Waals surface area contributed by atoms with Crippen LogP contribution >= 0.6 is 11.3 Å². The fraction of sp³-hybridized carbons (Fsp3) is 0.478. The first-order chi connectivity index (χ1) is 15.0. The lowest BCUT2D eigenvalue weighted by molar-refractivity contribution is -0.897. The molecular weight excluding hydrogens is 416 g/mol. The lowest BCUT2D eigenvalue weighted by Crippen LogP contribution is -3.14. The Balaban J connectivity index is 1.85. The van der Waals surface area contributed by atoms with Gasteiger partial charge in [0, 0.05) is 10.9 Å². The fourth-order valence-electron chi connectivity index (χ4n) is 3.82. The minimum Gasteiger partial charge on any atom is -0.493 e. The van der Waals surface area contributed by atoms with Crippen molar-refractivity contribution in [2.45, 2.75) is 26.7 Å². The molecule has 1 aromatic heterocycles. The molecule has 1 aliphatic rings. The number of rotatable bonds is 8. The van der Waals surface area contributed by atoms with Crippen LogP contribution in [0.2, 0.25) is 0 Å². The molecule has 31 heavy (non-hydrogen) atoms. The second-order valence-electron chi connectivity index (χ2n) is 7.80. The van der Waals surface area contributed by atoms with E-state index in [4.69, 9.17) is 14.2 Å². The summed E-state index contributed by atoms with van der Waals surface area (Å²) in [5.74, 6) is 1.35. The number of esters is 1. The van der Waals surface area contributed by atoms with Crippen LogP contribution in [0.15, 0.2) is 23.6 Å². The normalized spacial score (nSPS) is 18.3. The van der Waals surface area contributed by atoms with Crippen LogP contribution in [0.25, 0.3) is 11.1 Å². The standard InChI is InChI=1S/C23H30N2O5S/c1-5-30-23(27)21-17(16-6-7-18(28-3)19(12-16)29-4)14-31-22(21)24-20(26)13-25-10-8-15(2)9-11-25/h6-7,12,14-15H,5,8-11,13H2,1-4H3,(H,24,26)/p+1. The molecule has 1 aliphatic heterocycles. The van der Waals surface area contributed by atoms with Gasteiger partial charge in [-0.3, -0.25) is 4.79 Å². The lowest BCUT2D eigenvalue weighted by Gasteiger charge is -2.26. The van der Waals surface area contributed by atoms with E-state index in [1.807, 2.05) is 17.5 Å². The van der Waals surface area contributed by atoms with Crippen molar-refractivity contribution in [2.75, 3.05) is 45.8 Å². The Morgan fingerprint density at radius 2 is 1.87 bits per heavy atom. The highest BCUT2D eigenvalue weighted by atomic mass is 32.1. The van der Waals surface area contributed by atoms with Crippen molar-refractivity contribution >= 4 is 28.2 Å². The van der Waals surface area contributed by atoms with Crippen molar-refractivity contribution in [1.29, 1.82) is 0 Å². The van der Waals surface area contributed by atoms with Gasteiger partial charge in [0.15, 0.2) is 18.0 Å². The van der Waals surface area contributed by atoms with E-state index in [0.717, 1.165) is 37.4 Å². The van der Waals surface area contributed by atoms with E-state index >= 15 is 0 Å². The molecule has 0 radical (unpaired) electrons. The molecule has 1 aromatic carbocycles. The summed E-state index contributed by atoms with van der Waals surface area (Å²) in [6.07, 6.45) is 2.28. The number of quaternary nitrogens is 1. The third kappa shape index (κ3) is 5.57. The molecule has 1 saturated heterocycles. The van der Waals surface area contributed by atoms with Crippen molar-refractivity contribution in [3.63, 3.8) is 0 Å². The fourth-order valence-corrected chi connectivity index (χ4v) is 4.79. The van der Waals surface area contributed by atoms with Gasteiger partial charge in [0.25, 0.3) is 5.91 Å². The van der Waals surface area contributed by atoms with Gasteiger partial charge in [-0.2, -0.15) is 0 Å². The maximum atomic E-state index is 12.8. The average molecular weight is 448 g/mol. The molecular formula is C23H31N2O5S+. The quantitative estimate of drug-likeness (QED) is 0.609. The number of nitrogens with one attached hydrogen (secondary N) is 2. The molecule has 0 saturated carbocycles. The number of hydrogen-bond donors (Lipinski definition) is 2. The van der Waals surface area contributed by atoms with Gasteiger partial charge in [-0.05, 0) is 43.4 Å². The number of likely N-dealkylation sites (tertiary alicyclic amines) is 1. The van der Waals surface area contributed by atoms with Gasteiger partial charge in [-0.25, -0.2) is 4.79 Å². The molecule has 1 fully saturated rings. The van der Waals surface area contributed by atoms with Crippen molar-refractivity contribution in [2.24, 2.45) is 5.92 Å². The lowest BCUT2D eigenvalue weighted by atomic mass is 9.99. The number of ether oxygens (including phenoxy) is 3. The molecule has 0 aliphatic carbocycles. The first-order valence-corrected chi connectivity index (χ1v) is 11.5. The van der Waals surface area contributed by atoms with Gasteiger partial charge in [0.05, 0.1) is 33.9 Å². The SMILES string of the molecule is CCOC(=O)c1c(-c2ccc(OC)c(OC)c2)csc1NC(=O)C[NH+]1CCC(C)CC1. The van der Waals surface area contributed by atoms with Crippen LogP contribution in [-0.2, 0) is 9.53 Å². The van der Waals surface area contributed by atoms with Crippen molar-refractivity contribution in [1.82, 2.24) is 0 Å². The summed E-state index contributed by atoms with van der Waals surface area (Å²) in [4.78, 5) is 26.8. The maximum absolute atomic E-state index is 12.8. The Morgan fingerprint density at radius 3 is 2.52 bits per heavy atom. The predicted molar refractivity (Wildman–Crippen MR) is 121 cm³/mol. The monoisotopic (exact) mass is 447 g/mol. The van der Waals surface area contributed by atoms with E-state index in [0.29, 0.717) is 34.2 Å². The summed E-state index contributed by atoms with van der Waals surface area (Å²) in [5, 5.41) is 5.32. The van der Waals surface area contributed by atoms with Crippen LogP contribution in [0.5, 0.6) is 11.5 Å². The zero-order valence-electron chi connectivity index (χ0n) is 18.6. The average Bonchev–Trinajstić information content (AvgIpc) is 3.18. The molecule has 0 spiro atoms. The molecule has 2 heterocycles. The van der Waals surface area contributed by atoms with E-state index in [2.05, 4.69) is 12.2 Å². The van der Waals surface area contributed by atoms with Crippen LogP contribution in [0.1, 0.15) is 37.0 Å². The highest BCUT2D eigenvalue weighted by Crippen LogP contribution is 2.39. The largest absolute Gasteiger partial charge is 0.493 e. The van der Waals surface area contributed by atoms with Crippen LogP contribution in [0.4, 0.5) is 5.00 Å². The second kappa shape index (κ2) is 10.6. The van der Waals surface area contributed by atoms with Crippen LogP contribution in [-0.4, -0.2) is 52.3 Å².